The molecule has 0 aliphatic heterocycles. The number of halogens is 1. The topological polar surface area (TPSA) is 21.3 Å². The number of benzene rings is 2. The molecule has 0 spiro atoms. The van der Waals surface area contributed by atoms with Crippen molar-refractivity contribution >= 4 is 21.6 Å². The molecule has 2 aromatic rings. The molecule has 1 N–H and O–H groups in total. The monoisotopic (exact) mass is 305 g/mol. The molecule has 0 aliphatic carbocycles. The van der Waals surface area contributed by atoms with Crippen molar-refractivity contribution in [3.05, 3.63) is 58.1 Å². The fraction of sp³-hybridized carbons (Fsp3) is 0.200. The zero-order valence-electron chi connectivity index (χ0n) is 10.5. The summed E-state index contributed by atoms with van der Waals surface area (Å²) >= 11 is 3.43. The van der Waals surface area contributed by atoms with E-state index in [0.717, 1.165) is 22.5 Å². The maximum absolute atomic E-state index is 5.19. The Labute approximate surface area is 116 Å². The van der Waals surface area contributed by atoms with Gasteiger partial charge in [0.1, 0.15) is 5.75 Å². The molecule has 0 saturated carbocycles. The van der Waals surface area contributed by atoms with Gasteiger partial charge in [-0.1, -0.05) is 28.1 Å². The summed E-state index contributed by atoms with van der Waals surface area (Å²) in [4.78, 5) is 0. The van der Waals surface area contributed by atoms with E-state index in [1.54, 1.807) is 7.11 Å². The molecule has 0 aromatic heterocycles. The third kappa shape index (κ3) is 3.26. The first-order chi connectivity index (χ1) is 8.69. The van der Waals surface area contributed by atoms with Crippen LogP contribution in [0.1, 0.15) is 11.1 Å². The standard InChI is InChI=1S/C15H16BrNO/c1-11-9-14(18-2)7-8-15(11)17-10-12-3-5-13(16)6-4-12/h3-9,17H,10H2,1-2H3. The van der Waals surface area contributed by atoms with E-state index in [2.05, 4.69) is 52.4 Å². The van der Waals surface area contributed by atoms with E-state index in [1.807, 2.05) is 18.2 Å². The van der Waals surface area contributed by atoms with Gasteiger partial charge in [0.15, 0.2) is 0 Å². The lowest BCUT2D eigenvalue weighted by Crippen LogP contribution is -2.01. The second-order valence-electron chi connectivity index (χ2n) is 4.16. The molecule has 2 aromatic carbocycles. The zero-order chi connectivity index (χ0) is 13.0. The number of anilines is 1. The molecule has 94 valence electrons. The molecule has 0 aliphatic rings. The first-order valence-corrected chi connectivity index (χ1v) is 6.61. The van der Waals surface area contributed by atoms with Gasteiger partial charge in [-0.3, -0.25) is 0 Å². The Kier molecular flexibility index (Phi) is 4.26. The Hall–Kier alpha value is -1.48. The van der Waals surface area contributed by atoms with E-state index >= 15 is 0 Å². The van der Waals surface area contributed by atoms with E-state index in [0.29, 0.717) is 0 Å². The van der Waals surface area contributed by atoms with E-state index < -0.39 is 0 Å². The molecule has 0 saturated heterocycles. The predicted octanol–water partition coefficient (Wildman–Crippen LogP) is 4.38. The first-order valence-electron chi connectivity index (χ1n) is 5.82. The number of hydrogen-bond acceptors (Lipinski definition) is 2. The Morgan fingerprint density at radius 1 is 1.11 bits per heavy atom. The third-order valence-corrected chi connectivity index (χ3v) is 3.36. The summed E-state index contributed by atoms with van der Waals surface area (Å²) in [5, 5.41) is 3.43. The van der Waals surface area contributed by atoms with Crippen LogP contribution in [0.4, 0.5) is 5.69 Å². The molecule has 0 atom stereocenters. The maximum Gasteiger partial charge on any atom is 0.119 e. The molecule has 0 heterocycles. The Bertz CT molecular complexity index is 523. The second kappa shape index (κ2) is 5.91. The summed E-state index contributed by atoms with van der Waals surface area (Å²) < 4.78 is 6.30. The number of ether oxygens (including phenoxy) is 1. The van der Waals surface area contributed by atoms with Crippen molar-refractivity contribution in [3.63, 3.8) is 0 Å². The second-order valence-corrected chi connectivity index (χ2v) is 5.08. The van der Waals surface area contributed by atoms with Crippen LogP contribution in [0.15, 0.2) is 46.9 Å². The van der Waals surface area contributed by atoms with Crippen LogP contribution in [0.5, 0.6) is 5.75 Å². The lowest BCUT2D eigenvalue weighted by molar-refractivity contribution is 0.414. The SMILES string of the molecule is COc1ccc(NCc2ccc(Br)cc2)c(C)c1. The summed E-state index contributed by atoms with van der Waals surface area (Å²) in [7, 11) is 1.68. The number of methoxy groups -OCH3 is 1. The van der Waals surface area contributed by atoms with Crippen LogP contribution >= 0.6 is 15.9 Å². The first kappa shape index (κ1) is 13.0. The highest BCUT2D eigenvalue weighted by Gasteiger charge is 2.00. The van der Waals surface area contributed by atoms with Crippen LogP contribution in [-0.2, 0) is 6.54 Å². The van der Waals surface area contributed by atoms with Crippen molar-refractivity contribution in [1.82, 2.24) is 0 Å². The maximum atomic E-state index is 5.19. The van der Waals surface area contributed by atoms with Gasteiger partial charge in [0.05, 0.1) is 7.11 Å². The van der Waals surface area contributed by atoms with Gasteiger partial charge in [0, 0.05) is 16.7 Å². The molecule has 18 heavy (non-hydrogen) atoms. The average molecular weight is 306 g/mol. The zero-order valence-corrected chi connectivity index (χ0v) is 12.1. The molecule has 2 rings (SSSR count). The van der Waals surface area contributed by atoms with E-state index in [9.17, 15) is 0 Å². The van der Waals surface area contributed by atoms with Crippen molar-refractivity contribution in [3.8, 4) is 5.75 Å². The van der Waals surface area contributed by atoms with Crippen LogP contribution in [0.3, 0.4) is 0 Å². The Morgan fingerprint density at radius 2 is 1.83 bits per heavy atom. The van der Waals surface area contributed by atoms with Gasteiger partial charge in [0.2, 0.25) is 0 Å². The van der Waals surface area contributed by atoms with Gasteiger partial charge in [-0.05, 0) is 48.4 Å². The number of nitrogens with one attached hydrogen (secondary N) is 1. The average Bonchev–Trinajstić information content (AvgIpc) is 2.39. The van der Waals surface area contributed by atoms with Gasteiger partial charge < -0.3 is 10.1 Å². The molecule has 0 fully saturated rings. The lowest BCUT2D eigenvalue weighted by atomic mass is 10.1. The number of hydrogen-bond donors (Lipinski definition) is 1. The molecule has 0 radical (unpaired) electrons. The molecule has 0 bridgehead atoms. The molecular weight excluding hydrogens is 290 g/mol. The minimum atomic E-state index is 0.820. The van der Waals surface area contributed by atoms with Gasteiger partial charge in [-0.15, -0.1) is 0 Å². The van der Waals surface area contributed by atoms with Gasteiger partial charge >= 0.3 is 0 Å². The van der Waals surface area contributed by atoms with Crippen molar-refractivity contribution < 1.29 is 4.74 Å². The summed E-state index contributed by atoms with van der Waals surface area (Å²) in [6.07, 6.45) is 0. The van der Waals surface area contributed by atoms with Crippen molar-refractivity contribution in [2.75, 3.05) is 12.4 Å². The molecule has 3 heteroatoms. The summed E-state index contributed by atoms with van der Waals surface area (Å²) in [5.74, 6) is 0.890. The predicted molar refractivity (Wildman–Crippen MR) is 79.2 cm³/mol. The third-order valence-electron chi connectivity index (χ3n) is 2.83. The van der Waals surface area contributed by atoms with E-state index in [-0.39, 0.29) is 0 Å². The van der Waals surface area contributed by atoms with E-state index in [1.165, 1.54) is 11.1 Å². The summed E-state index contributed by atoms with van der Waals surface area (Å²) in [6.45, 7) is 2.90. The van der Waals surface area contributed by atoms with Gasteiger partial charge in [0.25, 0.3) is 0 Å². The smallest absolute Gasteiger partial charge is 0.119 e. The number of aryl methyl sites for hydroxylation is 1. The van der Waals surface area contributed by atoms with Crippen LogP contribution in [0.25, 0.3) is 0 Å². The molecule has 0 unspecified atom stereocenters. The summed E-state index contributed by atoms with van der Waals surface area (Å²) in [5.41, 5.74) is 3.58. The van der Waals surface area contributed by atoms with Crippen molar-refractivity contribution in [1.29, 1.82) is 0 Å². The van der Waals surface area contributed by atoms with Crippen molar-refractivity contribution in [2.24, 2.45) is 0 Å². The van der Waals surface area contributed by atoms with Crippen LogP contribution in [0.2, 0.25) is 0 Å². The lowest BCUT2D eigenvalue weighted by Gasteiger charge is -2.11. The van der Waals surface area contributed by atoms with E-state index in [4.69, 9.17) is 4.74 Å². The highest BCUT2D eigenvalue weighted by atomic mass is 79.9. The fourth-order valence-electron chi connectivity index (χ4n) is 1.76. The van der Waals surface area contributed by atoms with Crippen LogP contribution in [0, 0.1) is 6.92 Å². The van der Waals surface area contributed by atoms with Crippen molar-refractivity contribution in [2.45, 2.75) is 13.5 Å². The molecule has 2 nitrogen and oxygen atoms in total. The fourth-order valence-corrected chi connectivity index (χ4v) is 2.03. The van der Waals surface area contributed by atoms with Gasteiger partial charge in [-0.2, -0.15) is 0 Å². The quantitative estimate of drug-likeness (QED) is 0.905. The number of rotatable bonds is 4. The molecule has 0 amide bonds. The normalized spacial score (nSPS) is 10.2. The minimum Gasteiger partial charge on any atom is -0.497 e. The highest BCUT2D eigenvalue weighted by molar-refractivity contribution is 9.10. The van der Waals surface area contributed by atoms with Crippen LogP contribution in [-0.4, -0.2) is 7.11 Å². The van der Waals surface area contributed by atoms with Crippen LogP contribution < -0.4 is 10.1 Å². The Balaban J connectivity index is 2.04. The molecular formula is C15H16BrNO. The minimum absolute atomic E-state index is 0.820. The largest absolute Gasteiger partial charge is 0.497 e. The Morgan fingerprint density at radius 3 is 2.44 bits per heavy atom. The highest BCUT2D eigenvalue weighted by Crippen LogP contribution is 2.21. The van der Waals surface area contributed by atoms with Gasteiger partial charge in [-0.25, -0.2) is 0 Å². The summed E-state index contributed by atoms with van der Waals surface area (Å²) in [6, 6.07) is 14.4.